The van der Waals surface area contributed by atoms with Gasteiger partial charge in [-0.1, -0.05) is 0 Å². The van der Waals surface area contributed by atoms with Gasteiger partial charge < -0.3 is 4.74 Å². The molecule has 0 aromatic carbocycles. The molecule has 0 saturated carbocycles. The number of aromatic nitrogens is 2. The molecule has 0 atom stereocenters. The summed E-state index contributed by atoms with van der Waals surface area (Å²) in [7, 11) is -1.53. The third-order valence-electron chi connectivity index (χ3n) is 1.83. The van der Waals surface area contributed by atoms with Gasteiger partial charge in [-0.2, -0.15) is 0 Å². The van der Waals surface area contributed by atoms with E-state index in [-0.39, 0.29) is 17.9 Å². The van der Waals surface area contributed by atoms with Crippen LogP contribution in [0, 0.1) is 0 Å². The van der Waals surface area contributed by atoms with Crippen molar-refractivity contribution in [3.05, 3.63) is 22.1 Å². The zero-order valence-electron chi connectivity index (χ0n) is 8.69. The zero-order valence-corrected chi connectivity index (χ0v) is 9.50. The number of hydrogen-bond acceptors (Lipinski definition) is 4. The number of sulfone groups is 1. The van der Waals surface area contributed by atoms with E-state index >= 15 is 0 Å². The molecular formula is C8H14N2O4S. The third kappa shape index (κ3) is 3.88. The lowest BCUT2D eigenvalue weighted by molar-refractivity contribution is 0.180. The van der Waals surface area contributed by atoms with Gasteiger partial charge in [0.05, 0.1) is 24.6 Å². The van der Waals surface area contributed by atoms with Crippen molar-refractivity contribution in [1.82, 2.24) is 9.78 Å². The van der Waals surface area contributed by atoms with E-state index in [1.165, 1.54) is 17.9 Å². The van der Waals surface area contributed by atoms with Crippen LogP contribution >= 0.6 is 0 Å². The fraction of sp³-hybridized carbons (Fsp3) is 0.625. The minimum absolute atomic E-state index is 0.0557. The predicted octanol–water partition coefficient (Wildman–Crippen LogP) is -0.633. The molecule has 1 heterocycles. The van der Waals surface area contributed by atoms with E-state index in [9.17, 15) is 13.2 Å². The lowest BCUT2D eigenvalue weighted by Gasteiger charge is -2.00. The Bertz CT molecular complexity index is 471. The van der Waals surface area contributed by atoms with Crippen LogP contribution in [0.15, 0.2) is 10.9 Å². The SMILES string of the molecule is COCc1cc(=O)n(CCS(C)(=O)=O)[nH]1. The van der Waals surface area contributed by atoms with Crippen molar-refractivity contribution in [2.45, 2.75) is 13.2 Å². The highest BCUT2D eigenvalue weighted by Gasteiger charge is 2.06. The van der Waals surface area contributed by atoms with Gasteiger partial charge in [0, 0.05) is 19.4 Å². The average molecular weight is 234 g/mol. The molecule has 0 spiro atoms. The van der Waals surface area contributed by atoms with E-state index in [0.29, 0.717) is 12.3 Å². The first kappa shape index (κ1) is 12.0. The number of aryl methyl sites for hydroxylation is 1. The summed E-state index contributed by atoms with van der Waals surface area (Å²) in [6, 6.07) is 1.39. The molecule has 0 unspecified atom stereocenters. The van der Waals surface area contributed by atoms with Gasteiger partial charge in [-0.05, 0) is 0 Å². The first-order valence-corrected chi connectivity index (χ1v) is 6.44. The van der Waals surface area contributed by atoms with Gasteiger partial charge in [-0.25, -0.2) is 8.42 Å². The monoisotopic (exact) mass is 234 g/mol. The second-order valence-corrected chi connectivity index (χ2v) is 5.59. The van der Waals surface area contributed by atoms with Crippen molar-refractivity contribution in [3.8, 4) is 0 Å². The standard InChI is InChI=1S/C8H14N2O4S/c1-14-6-7-5-8(11)10(9-7)3-4-15(2,12)13/h5,9H,3-4,6H2,1-2H3. The van der Waals surface area contributed by atoms with Crippen LogP contribution in [0.1, 0.15) is 5.69 Å². The van der Waals surface area contributed by atoms with E-state index in [1.54, 1.807) is 0 Å². The number of H-pyrrole nitrogens is 1. The van der Waals surface area contributed by atoms with Crippen molar-refractivity contribution < 1.29 is 13.2 Å². The molecule has 0 saturated heterocycles. The van der Waals surface area contributed by atoms with Crippen molar-refractivity contribution >= 4 is 9.84 Å². The summed E-state index contributed by atoms with van der Waals surface area (Å²) in [6.45, 7) is 0.447. The topological polar surface area (TPSA) is 81.2 Å². The van der Waals surface area contributed by atoms with Crippen LogP contribution in [-0.2, 0) is 27.7 Å². The number of nitrogens with zero attached hydrogens (tertiary/aromatic N) is 1. The molecule has 0 aliphatic rings. The lowest BCUT2D eigenvalue weighted by Crippen LogP contribution is -2.21. The fourth-order valence-electron chi connectivity index (χ4n) is 1.14. The average Bonchev–Trinajstić information content (AvgIpc) is 2.42. The molecule has 15 heavy (non-hydrogen) atoms. The first-order chi connectivity index (χ1) is 6.92. The molecule has 7 heteroatoms. The number of rotatable bonds is 5. The lowest BCUT2D eigenvalue weighted by atomic mass is 10.5. The van der Waals surface area contributed by atoms with E-state index in [0.717, 1.165) is 6.26 Å². The van der Waals surface area contributed by atoms with Gasteiger partial charge in [0.1, 0.15) is 9.84 Å². The molecule has 0 fully saturated rings. The predicted molar refractivity (Wildman–Crippen MR) is 55.5 cm³/mol. The molecule has 6 nitrogen and oxygen atoms in total. The first-order valence-electron chi connectivity index (χ1n) is 4.38. The van der Waals surface area contributed by atoms with Gasteiger partial charge in [-0.3, -0.25) is 14.6 Å². The molecule has 1 rings (SSSR count). The van der Waals surface area contributed by atoms with Gasteiger partial charge >= 0.3 is 0 Å². The zero-order chi connectivity index (χ0) is 11.5. The Labute approximate surface area is 87.8 Å². The molecular weight excluding hydrogens is 220 g/mol. The molecule has 1 aromatic rings. The number of nitrogens with one attached hydrogen (secondary N) is 1. The van der Waals surface area contributed by atoms with Gasteiger partial charge in [-0.15, -0.1) is 0 Å². The minimum atomic E-state index is -3.05. The summed E-state index contributed by atoms with van der Waals surface area (Å²) < 4.78 is 27.9. The van der Waals surface area contributed by atoms with E-state index in [2.05, 4.69) is 5.10 Å². The van der Waals surface area contributed by atoms with E-state index in [4.69, 9.17) is 4.74 Å². The summed E-state index contributed by atoms with van der Waals surface area (Å²) in [4.78, 5) is 11.3. The van der Waals surface area contributed by atoms with Crippen LogP contribution in [0.5, 0.6) is 0 Å². The quantitative estimate of drug-likeness (QED) is 0.735. The summed E-state index contributed by atoms with van der Waals surface area (Å²) >= 11 is 0. The Morgan fingerprint density at radius 2 is 2.20 bits per heavy atom. The van der Waals surface area contributed by atoms with Crippen LogP contribution in [0.25, 0.3) is 0 Å². The molecule has 86 valence electrons. The Morgan fingerprint density at radius 3 is 2.73 bits per heavy atom. The minimum Gasteiger partial charge on any atom is -0.378 e. The molecule has 0 radical (unpaired) electrons. The van der Waals surface area contributed by atoms with E-state index in [1.807, 2.05) is 0 Å². The highest BCUT2D eigenvalue weighted by atomic mass is 32.2. The Hall–Kier alpha value is -1.08. The van der Waals surface area contributed by atoms with Crippen LogP contribution in [0.4, 0.5) is 0 Å². The maximum Gasteiger partial charge on any atom is 0.266 e. The smallest absolute Gasteiger partial charge is 0.266 e. The Morgan fingerprint density at radius 1 is 1.53 bits per heavy atom. The summed E-state index contributed by atoms with van der Waals surface area (Å²) in [5.41, 5.74) is 0.390. The molecule has 1 N–H and O–H groups in total. The number of methoxy groups -OCH3 is 1. The van der Waals surface area contributed by atoms with E-state index < -0.39 is 9.84 Å². The van der Waals surface area contributed by atoms with Crippen molar-refractivity contribution in [1.29, 1.82) is 0 Å². The summed E-state index contributed by atoms with van der Waals surface area (Å²) in [6.07, 6.45) is 1.14. The largest absolute Gasteiger partial charge is 0.378 e. The molecule has 0 aliphatic carbocycles. The van der Waals surface area contributed by atoms with Crippen molar-refractivity contribution in [2.75, 3.05) is 19.1 Å². The maximum atomic E-state index is 11.3. The second-order valence-electron chi connectivity index (χ2n) is 3.33. The van der Waals surface area contributed by atoms with Crippen LogP contribution in [-0.4, -0.2) is 37.3 Å². The molecule has 0 amide bonds. The Kier molecular flexibility index (Phi) is 3.70. The van der Waals surface area contributed by atoms with Crippen molar-refractivity contribution in [2.24, 2.45) is 0 Å². The van der Waals surface area contributed by atoms with Crippen molar-refractivity contribution in [3.63, 3.8) is 0 Å². The normalized spacial score (nSPS) is 11.9. The van der Waals surface area contributed by atoms with Crippen LogP contribution in [0.2, 0.25) is 0 Å². The van der Waals surface area contributed by atoms with Gasteiger partial charge in [0.25, 0.3) is 5.56 Å². The molecule has 0 bridgehead atoms. The number of hydrogen-bond donors (Lipinski definition) is 1. The number of ether oxygens (including phenoxy) is 1. The highest BCUT2D eigenvalue weighted by molar-refractivity contribution is 7.90. The fourth-order valence-corrected chi connectivity index (χ4v) is 1.65. The Balaban J connectivity index is 2.74. The second kappa shape index (κ2) is 4.63. The van der Waals surface area contributed by atoms with Crippen LogP contribution < -0.4 is 5.56 Å². The highest BCUT2D eigenvalue weighted by Crippen LogP contribution is 1.93. The van der Waals surface area contributed by atoms with Gasteiger partial charge in [0.15, 0.2) is 0 Å². The maximum absolute atomic E-state index is 11.3. The molecule has 1 aromatic heterocycles. The third-order valence-corrected chi connectivity index (χ3v) is 2.75. The summed E-state index contributed by atoms with van der Waals surface area (Å²) in [5.74, 6) is -0.0557. The van der Waals surface area contributed by atoms with Crippen LogP contribution in [0.3, 0.4) is 0 Å². The molecule has 0 aliphatic heterocycles. The summed E-state index contributed by atoms with van der Waals surface area (Å²) in [5, 5.41) is 2.77. The number of aromatic amines is 1. The van der Waals surface area contributed by atoms with Gasteiger partial charge in [0.2, 0.25) is 0 Å².